The van der Waals surface area contributed by atoms with Gasteiger partial charge in [0.1, 0.15) is 5.36 Å². The van der Waals surface area contributed by atoms with E-state index >= 15 is 0 Å². The van der Waals surface area contributed by atoms with Crippen LogP contribution in [0.25, 0.3) is 17.3 Å². The van der Waals surface area contributed by atoms with Crippen LogP contribution in [0.3, 0.4) is 0 Å². The Kier molecular flexibility index (Phi) is 1.98. The van der Waals surface area contributed by atoms with Crippen LogP contribution in [-0.4, -0.2) is 15.0 Å². The van der Waals surface area contributed by atoms with E-state index < -0.39 is 0 Å². The molecule has 2 aliphatic rings. The first-order valence-electron chi connectivity index (χ1n) is 6.93. The molecule has 4 heterocycles. The molecule has 5 rings (SSSR count). The molecule has 98 valence electrons. The van der Waals surface area contributed by atoms with Gasteiger partial charge < -0.3 is 0 Å². The first-order valence-corrected chi connectivity index (χ1v) is 6.93. The highest BCUT2D eigenvalue weighted by Crippen LogP contribution is 2.39. The Labute approximate surface area is 120 Å². The van der Waals surface area contributed by atoms with Crippen molar-refractivity contribution in [3.8, 4) is 11.3 Å². The second-order valence-corrected chi connectivity index (χ2v) is 5.21. The topological polar surface area (TPSA) is 41.7 Å². The molecule has 0 spiro atoms. The summed E-state index contributed by atoms with van der Waals surface area (Å²) < 4.78 is 2.23. The van der Waals surface area contributed by atoms with Crippen LogP contribution in [0.15, 0.2) is 55.0 Å². The molecule has 0 aliphatic carbocycles. The molecular formula is C17H11N4+. The molecule has 21 heavy (non-hydrogen) atoms. The molecule has 1 aromatic carbocycles. The van der Waals surface area contributed by atoms with Crippen LogP contribution >= 0.6 is 0 Å². The predicted molar refractivity (Wildman–Crippen MR) is 79.1 cm³/mol. The van der Waals surface area contributed by atoms with E-state index in [1.807, 2.05) is 12.3 Å². The zero-order valence-corrected chi connectivity index (χ0v) is 11.1. The van der Waals surface area contributed by atoms with Gasteiger partial charge in [-0.05, 0) is 29.3 Å². The summed E-state index contributed by atoms with van der Waals surface area (Å²) in [5.41, 5.74) is 3.02. The van der Waals surface area contributed by atoms with Gasteiger partial charge in [0.05, 0.1) is 11.9 Å². The molecular weight excluding hydrogens is 260 g/mol. The SMILES string of the molecule is C1=c2ccccc2=[N+]2c3nccnc3-c3cccnc3C12. The van der Waals surface area contributed by atoms with Crippen LogP contribution in [0.2, 0.25) is 0 Å². The van der Waals surface area contributed by atoms with E-state index in [1.54, 1.807) is 12.4 Å². The molecule has 1 atom stereocenters. The van der Waals surface area contributed by atoms with E-state index in [9.17, 15) is 0 Å². The van der Waals surface area contributed by atoms with Crippen LogP contribution in [0.5, 0.6) is 0 Å². The molecule has 1 unspecified atom stereocenters. The normalized spacial score (nSPS) is 17.3. The average molecular weight is 271 g/mol. The summed E-state index contributed by atoms with van der Waals surface area (Å²) in [6, 6.07) is 12.5. The summed E-state index contributed by atoms with van der Waals surface area (Å²) in [4.78, 5) is 13.7. The lowest BCUT2D eigenvalue weighted by Crippen LogP contribution is -2.34. The van der Waals surface area contributed by atoms with E-state index in [4.69, 9.17) is 0 Å². The van der Waals surface area contributed by atoms with E-state index in [0.29, 0.717) is 0 Å². The smallest absolute Gasteiger partial charge is 0.256 e. The minimum atomic E-state index is 0.0998. The molecule has 0 saturated heterocycles. The third-order valence-electron chi connectivity index (χ3n) is 4.09. The Morgan fingerprint density at radius 1 is 0.857 bits per heavy atom. The van der Waals surface area contributed by atoms with E-state index in [1.165, 1.54) is 10.6 Å². The lowest BCUT2D eigenvalue weighted by molar-refractivity contribution is 0.644. The first kappa shape index (κ1) is 10.9. The number of rotatable bonds is 0. The summed E-state index contributed by atoms with van der Waals surface area (Å²) in [6.45, 7) is 0. The first-order chi connectivity index (χ1) is 10.4. The lowest BCUT2D eigenvalue weighted by Gasteiger charge is -2.20. The van der Waals surface area contributed by atoms with Crippen LogP contribution < -0.4 is 15.2 Å². The minimum Gasteiger partial charge on any atom is -0.256 e. The van der Waals surface area contributed by atoms with Crippen molar-refractivity contribution in [3.05, 3.63) is 71.3 Å². The highest BCUT2D eigenvalue weighted by Gasteiger charge is 2.38. The van der Waals surface area contributed by atoms with Gasteiger partial charge >= 0.3 is 5.82 Å². The second kappa shape index (κ2) is 3.82. The van der Waals surface area contributed by atoms with E-state index in [0.717, 1.165) is 22.8 Å². The van der Waals surface area contributed by atoms with E-state index in [2.05, 4.69) is 55.9 Å². The maximum absolute atomic E-state index is 4.60. The lowest BCUT2D eigenvalue weighted by atomic mass is 9.99. The zero-order valence-electron chi connectivity index (χ0n) is 11.1. The molecule has 0 saturated carbocycles. The Bertz CT molecular complexity index is 1010. The van der Waals surface area contributed by atoms with Crippen molar-refractivity contribution >= 4 is 11.9 Å². The summed E-state index contributed by atoms with van der Waals surface area (Å²) in [6.07, 6.45) is 7.58. The van der Waals surface area contributed by atoms with Crippen LogP contribution in [-0.2, 0) is 0 Å². The molecule has 3 aromatic rings. The van der Waals surface area contributed by atoms with Gasteiger partial charge in [-0.3, -0.25) is 4.98 Å². The quantitative estimate of drug-likeness (QED) is 0.577. The van der Waals surface area contributed by atoms with Crippen molar-refractivity contribution in [1.29, 1.82) is 0 Å². The highest BCUT2D eigenvalue weighted by molar-refractivity contribution is 5.77. The van der Waals surface area contributed by atoms with E-state index in [-0.39, 0.29) is 6.04 Å². The maximum Gasteiger partial charge on any atom is 0.350 e. The van der Waals surface area contributed by atoms with Crippen LogP contribution in [0.1, 0.15) is 11.7 Å². The Morgan fingerprint density at radius 3 is 2.76 bits per heavy atom. The molecule has 0 amide bonds. The molecule has 4 heteroatoms. The Hall–Kier alpha value is -2.88. The van der Waals surface area contributed by atoms with Gasteiger partial charge in [0.2, 0.25) is 0 Å². The van der Waals surface area contributed by atoms with Gasteiger partial charge in [0.15, 0.2) is 17.9 Å². The number of aromatic nitrogens is 3. The van der Waals surface area contributed by atoms with Crippen molar-refractivity contribution in [3.63, 3.8) is 0 Å². The maximum atomic E-state index is 4.60. The molecule has 0 N–H and O–H groups in total. The Morgan fingerprint density at radius 2 is 1.76 bits per heavy atom. The summed E-state index contributed by atoms with van der Waals surface area (Å²) in [7, 11) is 0. The van der Waals surface area contributed by atoms with Crippen molar-refractivity contribution in [2.45, 2.75) is 6.04 Å². The number of hydrogen-bond donors (Lipinski definition) is 0. The van der Waals surface area contributed by atoms with Crippen LogP contribution in [0, 0.1) is 0 Å². The van der Waals surface area contributed by atoms with Gasteiger partial charge in [-0.25, -0.2) is 9.56 Å². The zero-order chi connectivity index (χ0) is 13.8. The molecule has 0 radical (unpaired) electrons. The van der Waals surface area contributed by atoms with Crippen molar-refractivity contribution in [2.24, 2.45) is 0 Å². The van der Waals surface area contributed by atoms with Gasteiger partial charge in [-0.15, -0.1) is 0 Å². The molecule has 2 aliphatic heterocycles. The predicted octanol–water partition coefficient (Wildman–Crippen LogP) is 1.21. The highest BCUT2D eigenvalue weighted by atomic mass is 15.2. The van der Waals surface area contributed by atoms with Gasteiger partial charge in [0.25, 0.3) is 0 Å². The fourth-order valence-electron chi connectivity index (χ4n) is 3.24. The molecule has 0 fully saturated rings. The molecule has 2 aromatic heterocycles. The summed E-state index contributed by atoms with van der Waals surface area (Å²) in [5, 5.41) is 2.39. The second-order valence-electron chi connectivity index (χ2n) is 5.21. The van der Waals surface area contributed by atoms with Crippen molar-refractivity contribution in [1.82, 2.24) is 19.5 Å². The standard InChI is InChI=1S/C17H11N4/c1-2-6-13-11(4-1)10-14-15-12(5-3-7-18-15)16-17(21(13)14)20-9-8-19-16/h1-10,14H/q+1. The summed E-state index contributed by atoms with van der Waals surface area (Å²) in [5.74, 6) is 0.907. The van der Waals surface area contributed by atoms with Crippen LogP contribution in [0.4, 0.5) is 5.82 Å². The van der Waals surface area contributed by atoms with Crippen molar-refractivity contribution < 1.29 is 0 Å². The number of pyridine rings is 1. The van der Waals surface area contributed by atoms with Gasteiger partial charge in [-0.1, -0.05) is 18.2 Å². The Balaban J connectivity index is 2.01. The third kappa shape index (κ3) is 1.34. The van der Waals surface area contributed by atoms with Gasteiger partial charge in [-0.2, -0.15) is 0 Å². The number of nitrogens with zero attached hydrogens (tertiary/aromatic N) is 4. The average Bonchev–Trinajstić information content (AvgIpc) is 2.95. The fourth-order valence-corrected chi connectivity index (χ4v) is 3.24. The number of para-hydroxylation sites is 1. The van der Waals surface area contributed by atoms with Crippen molar-refractivity contribution in [2.75, 3.05) is 0 Å². The fraction of sp³-hybridized carbons (Fsp3) is 0.0588. The minimum absolute atomic E-state index is 0.0998. The monoisotopic (exact) mass is 271 g/mol. The number of benzene rings is 1. The number of hydrogen-bond acceptors (Lipinski definition) is 3. The third-order valence-corrected chi connectivity index (χ3v) is 4.09. The molecule has 4 nitrogen and oxygen atoms in total. The largest absolute Gasteiger partial charge is 0.350 e. The molecule has 0 bridgehead atoms. The number of fused-ring (bicyclic) bond motifs is 7. The van der Waals surface area contributed by atoms with Gasteiger partial charge in [0, 0.05) is 17.0 Å². The summed E-state index contributed by atoms with van der Waals surface area (Å²) >= 11 is 0.